The third kappa shape index (κ3) is 52.6. The van der Waals surface area contributed by atoms with Crippen molar-refractivity contribution in [2.24, 2.45) is 0 Å². The molecule has 1 unspecified atom stereocenters. The van der Waals surface area contributed by atoms with Crippen molar-refractivity contribution >= 4 is 17.9 Å². The Morgan fingerprint density at radius 2 is 0.672 bits per heavy atom. The molecule has 0 aromatic heterocycles. The van der Waals surface area contributed by atoms with Gasteiger partial charge in [-0.25, -0.2) is 0 Å². The normalized spacial score (nSPS) is 13.1. The SMILES string of the molecule is CC/C=C\C/C=C\C/C=C\C/C=C\C/C=C\CCC(=O)OC(COC(=O)CCC/C=C\C/C=C\C/C=C\CCCCCCCC)COC(=O)CCCCC/C=C\C=C/CCCCCCCCC. The van der Waals surface area contributed by atoms with Crippen molar-refractivity contribution in [2.75, 3.05) is 13.2 Å². The van der Waals surface area contributed by atoms with Crippen LogP contribution in [0.5, 0.6) is 0 Å². The molecule has 378 valence electrons. The topological polar surface area (TPSA) is 78.9 Å². The molecule has 0 spiro atoms. The van der Waals surface area contributed by atoms with Gasteiger partial charge in [-0.15, -0.1) is 0 Å². The standard InChI is InChI=1S/C61H98O6/c1-4-7-10-13-16-19-22-25-28-31-34-36-39-42-45-48-51-54-60(63)66-57-58(67-61(64)55-52-49-46-43-40-37-33-30-27-24-21-18-15-12-9-6-3)56-65-59(62)53-50-47-44-41-38-35-32-29-26-23-20-17-14-11-8-5-2/h9,12,18,21,25,27-30,32,34-38,40,42,45-46,49,58H,4-8,10-11,13-17,19-20,22-24,26,31,33,39,41,43-44,47-48,50-57H2,1-3H3/b12-9-,21-18-,28-25-,30-27-,32-29-,36-34-,38-35-,40-37-,45-42-,49-46-. The van der Waals surface area contributed by atoms with Crippen molar-refractivity contribution in [2.45, 2.75) is 232 Å². The van der Waals surface area contributed by atoms with Gasteiger partial charge in [-0.3, -0.25) is 14.4 Å². The molecule has 0 saturated heterocycles. The average Bonchev–Trinajstić information content (AvgIpc) is 3.33. The van der Waals surface area contributed by atoms with Gasteiger partial charge in [0.15, 0.2) is 6.10 Å². The molecular weight excluding hydrogens is 829 g/mol. The molecule has 0 bridgehead atoms. The van der Waals surface area contributed by atoms with E-state index >= 15 is 0 Å². The van der Waals surface area contributed by atoms with Crippen LogP contribution in [0.4, 0.5) is 0 Å². The molecule has 6 nitrogen and oxygen atoms in total. The van der Waals surface area contributed by atoms with Crippen molar-refractivity contribution < 1.29 is 28.6 Å². The Bertz CT molecular complexity index is 1440. The Kier molecular flexibility index (Phi) is 51.0. The molecule has 0 heterocycles. The molecule has 0 aliphatic rings. The molecule has 0 fully saturated rings. The summed E-state index contributed by atoms with van der Waals surface area (Å²) in [5.74, 6) is -1.11. The average molecular weight is 927 g/mol. The molecule has 0 rings (SSSR count). The molecule has 0 aliphatic heterocycles. The molecule has 6 heteroatoms. The van der Waals surface area contributed by atoms with Gasteiger partial charge >= 0.3 is 17.9 Å². The smallest absolute Gasteiger partial charge is 0.306 e. The third-order valence-corrected chi connectivity index (χ3v) is 11.0. The minimum Gasteiger partial charge on any atom is -0.462 e. The Balaban J connectivity index is 4.63. The summed E-state index contributed by atoms with van der Waals surface area (Å²) in [6, 6.07) is 0. The van der Waals surface area contributed by atoms with Crippen molar-refractivity contribution in [1.29, 1.82) is 0 Å². The van der Waals surface area contributed by atoms with Crippen LogP contribution < -0.4 is 0 Å². The first-order valence-electron chi connectivity index (χ1n) is 27.1. The van der Waals surface area contributed by atoms with Crippen molar-refractivity contribution in [3.05, 3.63) is 122 Å². The molecule has 0 amide bonds. The lowest BCUT2D eigenvalue weighted by Gasteiger charge is -2.18. The molecule has 67 heavy (non-hydrogen) atoms. The highest BCUT2D eigenvalue weighted by molar-refractivity contribution is 5.71. The zero-order valence-electron chi connectivity index (χ0n) is 43.1. The van der Waals surface area contributed by atoms with Gasteiger partial charge in [0.2, 0.25) is 0 Å². The summed E-state index contributed by atoms with van der Waals surface area (Å²) < 4.78 is 16.7. The predicted molar refractivity (Wildman–Crippen MR) is 288 cm³/mol. The zero-order chi connectivity index (χ0) is 48.6. The highest BCUT2D eigenvalue weighted by Crippen LogP contribution is 2.11. The van der Waals surface area contributed by atoms with Crippen LogP contribution in [0.2, 0.25) is 0 Å². The number of rotatable bonds is 47. The Hall–Kier alpha value is -4.19. The van der Waals surface area contributed by atoms with Gasteiger partial charge in [-0.2, -0.15) is 0 Å². The lowest BCUT2D eigenvalue weighted by atomic mass is 10.1. The van der Waals surface area contributed by atoms with Gasteiger partial charge < -0.3 is 14.2 Å². The van der Waals surface area contributed by atoms with Crippen LogP contribution in [0.25, 0.3) is 0 Å². The molecule has 0 radical (unpaired) electrons. The number of carbonyl (C=O) groups excluding carboxylic acids is 3. The zero-order valence-corrected chi connectivity index (χ0v) is 43.1. The van der Waals surface area contributed by atoms with Gasteiger partial charge in [0, 0.05) is 19.3 Å². The second-order valence-corrected chi connectivity index (χ2v) is 17.4. The van der Waals surface area contributed by atoms with Crippen molar-refractivity contribution in [1.82, 2.24) is 0 Å². The molecule has 0 aliphatic carbocycles. The number of hydrogen-bond donors (Lipinski definition) is 0. The summed E-state index contributed by atoms with van der Waals surface area (Å²) >= 11 is 0. The first-order valence-corrected chi connectivity index (χ1v) is 27.1. The minimum absolute atomic E-state index is 0.140. The van der Waals surface area contributed by atoms with Crippen LogP contribution in [0.1, 0.15) is 226 Å². The number of hydrogen-bond acceptors (Lipinski definition) is 6. The first kappa shape index (κ1) is 62.8. The monoisotopic (exact) mass is 927 g/mol. The van der Waals surface area contributed by atoms with Crippen molar-refractivity contribution in [3.8, 4) is 0 Å². The van der Waals surface area contributed by atoms with E-state index in [0.29, 0.717) is 19.3 Å². The van der Waals surface area contributed by atoms with Crippen LogP contribution >= 0.6 is 0 Å². The maximum Gasteiger partial charge on any atom is 0.306 e. The molecule has 1 atom stereocenters. The second-order valence-electron chi connectivity index (χ2n) is 17.4. The van der Waals surface area contributed by atoms with E-state index in [9.17, 15) is 14.4 Å². The second kappa shape index (κ2) is 54.4. The van der Waals surface area contributed by atoms with E-state index in [0.717, 1.165) is 83.5 Å². The van der Waals surface area contributed by atoms with Gasteiger partial charge in [-0.05, 0) is 109 Å². The summed E-state index contributed by atoms with van der Waals surface area (Å²) in [5.41, 5.74) is 0. The number of esters is 3. The minimum atomic E-state index is -0.852. The summed E-state index contributed by atoms with van der Waals surface area (Å²) in [7, 11) is 0. The highest BCUT2D eigenvalue weighted by atomic mass is 16.6. The van der Waals surface area contributed by atoms with Gasteiger partial charge in [-0.1, -0.05) is 219 Å². The lowest BCUT2D eigenvalue weighted by Crippen LogP contribution is -2.30. The van der Waals surface area contributed by atoms with Crippen LogP contribution in [-0.2, 0) is 28.6 Å². The molecule has 0 aromatic carbocycles. The Morgan fingerprint density at radius 3 is 1.12 bits per heavy atom. The van der Waals surface area contributed by atoms with E-state index in [1.165, 1.54) is 89.9 Å². The third-order valence-electron chi connectivity index (χ3n) is 11.0. The molecular formula is C61H98O6. The lowest BCUT2D eigenvalue weighted by molar-refractivity contribution is -0.166. The van der Waals surface area contributed by atoms with Gasteiger partial charge in [0.25, 0.3) is 0 Å². The highest BCUT2D eigenvalue weighted by Gasteiger charge is 2.19. The fraction of sp³-hybridized carbons (Fsp3) is 0.623. The molecule has 0 aromatic rings. The quantitative estimate of drug-likeness (QED) is 0.0199. The van der Waals surface area contributed by atoms with Crippen LogP contribution in [0.15, 0.2) is 122 Å². The fourth-order valence-corrected chi connectivity index (χ4v) is 6.91. The number of ether oxygens (including phenoxy) is 3. The number of carbonyl (C=O) groups is 3. The van der Waals surface area contributed by atoms with E-state index in [2.05, 4.69) is 130 Å². The Morgan fingerprint density at radius 1 is 0.328 bits per heavy atom. The largest absolute Gasteiger partial charge is 0.462 e. The molecule has 0 N–H and O–H groups in total. The summed E-state index contributed by atoms with van der Waals surface area (Å²) in [4.78, 5) is 38.0. The fourth-order valence-electron chi connectivity index (χ4n) is 6.91. The Labute approximate surface area is 412 Å². The van der Waals surface area contributed by atoms with E-state index in [1.54, 1.807) is 0 Å². The predicted octanol–water partition coefficient (Wildman–Crippen LogP) is 18.1. The van der Waals surface area contributed by atoms with E-state index in [4.69, 9.17) is 14.2 Å². The summed E-state index contributed by atoms with van der Waals surface area (Å²) in [5, 5.41) is 0. The number of unbranched alkanes of at least 4 members (excludes halogenated alkanes) is 17. The van der Waals surface area contributed by atoms with E-state index in [-0.39, 0.29) is 38.0 Å². The summed E-state index contributed by atoms with van der Waals surface area (Å²) in [6.07, 6.45) is 74.9. The van der Waals surface area contributed by atoms with Gasteiger partial charge in [0.05, 0.1) is 0 Å². The number of allylic oxidation sites excluding steroid dienone is 20. The van der Waals surface area contributed by atoms with Gasteiger partial charge in [0.1, 0.15) is 13.2 Å². The maximum atomic E-state index is 12.8. The van der Waals surface area contributed by atoms with Crippen LogP contribution in [0, 0.1) is 0 Å². The summed E-state index contributed by atoms with van der Waals surface area (Å²) in [6.45, 7) is 6.37. The first-order chi connectivity index (χ1) is 33.0. The van der Waals surface area contributed by atoms with Crippen LogP contribution in [-0.4, -0.2) is 37.2 Å². The van der Waals surface area contributed by atoms with E-state index in [1.807, 2.05) is 12.2 Å². The van der Waals surface area contributed by atoms with E-state index < -0.39 is 12.1 Å². The molecule has 0 saturated carbocycles. The maximum absolute atomic E-state index is 12.8. The van der Waals surface area contributed by atoms with Crippen LogP contribution in [0.3, 0.4) is 0 Å². The van der Waals surface area contributed by atoms with Crippen molar-refractivity contribution in [3.63, 3.8) is 0 Å².